The van der Waals surface area contributed by atoms with E-state index in [1.54, 1.807) is 0 Å². The fourth-order valence-corrected chi connectivity index (χ4v) is 9.40. The summed E-state index contributed by atoms with van der Waals surface area (Å²) in [5.41, 5.74) is 19.2. The summed E-state index contributed by atoms with van der Waals surface area (Å²) in [6, 6.07) is 42.1. The summed E-state index contributed by atoms with van der Waals surface area (Å²) < 4.78 is 0. The number of pyridine rings is 1. The number of allylic oxidation sites excluding steroid dienone is 9. The molecule has 3 aliphatic rings. The number of hydrogen-bond donors (Lipinski definition) is 0. The van der Waals surface area contributed by atoms with Crippen molar-refractivity contribution in [3.63, 3.8) is 0 Å². The maximum Gasteiger partial charge on any atom is 0.179 e. The van der Waals surface area contributed by atoms with Crippen molar-refractivity contribution in [1.29, 1.82) is 0 Å². The van der Waals surface area contributed by atoms with Crippen LogP contribution in [0.3, 0.4) is 0 Å². The van der Waals surface area contributed by atoms with Crippen LogP contribution in [0.5, 0.6) is 0 Å². The van der Waals surface area contributed by atoms with Crippen LogP contribution in [0.2, 0.25) is 0 Å². The Kier molecular flexibility index (Phi) is 8.28. The van der Waals surface area contributed by atoms with Crippen molar-refractivity contribution in [2.45, 2.75) is 51.9 Å². The average Bonchev–Trinajstić information content (AvgIpc) is 3.61. The first-order valence-corrected chi connectivity index (χ1v) is 20.3. The van der Waals surface area contributed by atoms with Crippen molar-refractivity contribution in [1.82, 2.24) is 15.0 Å². The molecule has 3 nitrogen and oxygen atoms in total. The molecule has 0 unspecified atom stereocenters. The van der Waals surface area contributed by atoms with Gasteiger partial charge in [-0.05, 0) is 127 Å². The third kappa shape index (κ3) is 5.84. The van der Waals surface area contributed by atoms with Crippen molar-refractivity contribution in [3.8, 4) is 56.2 Å². The summed E-state index contributed by atoms with van der Waals surface area (Å²) in [4.78, 5) is 15.5. The number of rotatable bonds is 6. The van der Waals surface area contributed by atoms with E-state index in [1.165, 1.54) is 60.9 Å². The molecule has 0 fully saturated rings. The van der Waals surface area contributed by atoms with E-state index in [0.717, 1.165) is 51.5 Å². The third-order valence-electron chi connectivity index (χ3n) is 12.5. The highest BCUT2D eigenvalue weighted by Gasteiger charge is 2.41. The van der Waals surface area contributed by atoms with Gasteiger partial charge in [0, 0.05) is 22.1 Å². The number of aromatic nitrogens is 3. The molecule has 2 heterocycles. The molecule has 0 saturated heterocycles. The van der Waals surface area contributed by atoms with Crippen molar-refractivity contribution in [2.75, 3.05) is 0 Å². The van der Waals surface area contributed by atoms with Gasteiger partial charge in [0.2, 0.25) is 0 Å². The van der Waals surface area contributed by atoms with E-state index in [4.69, 9.17) is 15.0 Å². The molecule has 7 aromatic rings. The summed E-state index contributed by atoms with van der Waals surface area (Å²) in [7, 11) is 0. The molecule has 3 aliphatic carbocycles. The molecule has 0 aliphatic heterocycles. The largest absolute Gasteiger partial charge is 0.250 e. The Labute approximate surface area is 341 Å². The van der Waals surface area contributed by atoms with E-state index in [0.29, 0.717) is 5.82 Å². The fraction of sp³-hybridized carbons (Fsp3) is 0.145. The zero-order valence-corrected chi connectivity index (χ0v) is 33.8. The van der Waals surface area contributed by atoms with Crippen LogP contribution in [0.15, 0.2) is 170 Å². The van der Waals surface area contributed by atoms with Crippen LogP contribution >= 0.6 is 0 Å². The van der Waals surface area contributed by atoms with Gasteiger partial charge in [-0.25, -0.2) is 15.0 Å². The molecular formula is C55H45N3. The Hall–Kier alpha value is -6.71. The summed E-state index contributed by atoms with van der Waals surface area (Å²) in [6.07, 6.45) is 15.6. The quantitative estimate of drug-likeness (QED) is 0.159. The lowest BCUT2D eigenvalue weighted by atomic mass is 9.79. The Morgan fingerprint density at radius 3 is 2.12 bits per heavy atom. The zero-order chi connectivity index (χ0) is 39.8. The predicted molar refractivity (Wildman–Crippen MR) is 243 cm³/mol. The standard InChI is InChI=1S/C55H45N3/c1-34(16-14-19-36-17-8-7-9-18-36)50-33-51(58-53(57-50)52-30-39(28-35(2)56-52)41-24-15-21-37-20-10-11-22-40(37)41)38-26-27-43-45-32-48-44(31-49(45)55(5,6)47(43)29-38)42-23-12-13-25-46(42)54(48,3)4/h7-17,19-33H,1,18H2,2-6H3/b16-14-,36-19-. The van der Waals surface area contributed by atoms with Crippen molar-refractivity contribution in [3.05, 3.63) is 204 Å². The third-order valence-corrected chi connectivity index (χ3v) is 12.5. The van der Waals surface area contributed by atoms with E-state index < -0.39 is 0 Å². The van der Waals surface area contributed by atoms with Crippen LogP contribution in [0.4, 0.5) is 0 Å². The second-order valence-electron chi connectivity index (χ2n) is 17.0. The van der Waals surface area contributed by atoms with E-state index in [-0.39, 0.29) is 10.8 Å². The van der Waals surface area contributed by atoms with Crippen LogP contribution in [-0.4, -0.2) is 15.0 Å². The molecule has 58 heavy (non-hydrogen) atoms. The normalized spacial score (nSPS) is 16.1. The number of benzene rings is 5. The number of aryl methyl sites for hydroxylation is 1. The van der Waals surface area contributed by atoms with Crippen LogP contribution in [0, 0.1) is 6.92 Å². The van der Waals surface area contributed by atoms with Crippen LogP contribution < -0.4 is 0 Å². The second kappa shape index (κ2) is 13.5. The van der Waals surface area contributed by atoms with Crippen molar-refractivity contribution >= 4 is 16.3 Å². The molecule has 0 spiro atoms. The predicted octanol–water partition coefficient (Wildman–Crippen LogP) is 14.0. The molecule has 0 radical (unpaired) electrons. The lowest BCUT2D eigenvalue weighted by molar-refractivity contribution is 0.652. The molecule has 5 aromatic carbocycles. The van der Waals surface area contributed by atoms with E-state index >= 15 is 0 Å². The molecule has 0 amide bonds. The van der Waals surface area contributed by atoms with Gasteiger partial charge in [0.05, 0.1) is 11.4 Å². The highest BCUT2D eigenvalue weighted by atomic mass is 14.9. The fourth-order valence-electron chi connectivity index (χ4n) is 9.40. The first-order valence-electron chi connectivity index (χ1n) is 20.3. The SMILES string of the molecule is C=C(/C=C\C=C1\C=CC=CC1)c1cc(-c2ccc3c(c2)C(C)(C)c2cc4c(cc2-3)C(C)(C)c2ccccc2-4)nc(-c2cc(-c3cccc4ccccc34)cc(C)n2)n1. The number of hydrogen-bond acceptors (Lipinski definition) is 3. The summed E-state index contributed by atoms with van der Waals surface area (Å²) in [5.74, 6) is 0.575. The van der Waals surface area contributed by atoms with Gasteiger partial charge >= 0.3 is 0 Å². The van der Waals surface area contributed by atoms with Gasteiger partial charge in [-0.1, -0.05) is 156 Å². The van der Waals surface area contributed by atoms with Gasteiger partial charge < -0.3 is 0 Å². The van der Waals surface area contributed by atoms with E-state index in [2.05, 4.69) is 186 Å². The maximum atomic E-state index is 5.30. The summed E-state index contributed by atoms with van der Waals surface area (Å²) >= 11 is 0. The number of fused-ring (bicyclic) bond motifs is 7. The Morgan fingerprint density at radius 2 is 1.31 bits per heavy atom. The maximum absolute atomic E-state index is 5.30. The first kappa shape index (κ1) is 35.7. The monoisotopic (exact) mass is 747 g/mol. The molecule has 2 aromatic heterocycles. The molecule has 0 bridgehead atoms. The van der Waals surface area contributed by atoms with E-state index in [9.17, 15) is 0 Å². The lowest BCUT2D eigenvalue weighted by Crippen LogP contribution is -2.17. The van der Waals surface area contributed by atoms with Gasteiger partial charge in [-0.2, -0.15) is 0 Å². The Morgan fingerprint density at radius 1 is 0.603 bits per heavy atom. The van der Waals surface area contributed by atoms with E-state index in [1.807, 2.05) is 13.0 Å². The lowest BCUT2D eigenvalue weighted by Gasteiger charge is -2.24. The van der Waals surface area contributed by atoms with Gasteiger partial charge in [-0.3, -0.25) is 0 Å². The van der Waals surface area contributed by atoms with Gasteiger partial charge in [-0.15, -0.1) is 0 Å². The molecule has 0 N–H and O–H groups in total. The molecular weight excluding hydrogens is 703 g/mol. The molecule has 0 saturated carbocycles. The van der Waals surface area contributed by atoms with Crippen LogP contribution in [0.25, 0.3) is 72.5 Å². The van der Waals surface area contributed by atoms with Crippen molar-refractivity contribution in [2.24, 2.45) is 0 Å². The van der Waals surface area contributed by atoms with Crippen molar-refractivity contribution < 1.29 is 0 Å². The minimum absolute atomic E-state index is 0.0592. The van der Waals surface area contributed by atoms with Crippen LogP contribution in [0.1, 0.15) is 67.8 Å². The highest BCUT2D eigenvalue weighted by molar-refractivity contribution is 5.97. The Balaban J connectivity index is 1.09. The Bertz CT molecular complexity index is 3000. The van der Waals surface area contributed by atoms with Crippen LogP contribution in [-0.2, 0) is 10.8 Å². The first-order chi connectivity index (χ1) is 28.1. The van der Waals surface area contributed by atoms with Gasteiger partial charge in [0.15, 0.2) is 5.82 Å². The highest BCUT2D eigenvalue weighted by Crippen LogP contribution is 2.56. The van der Waals surface area contributed by atoms with Gasteiger partial charge in [0.25, 0.3) is 0 Å². The zero-order valence-electron chi connectivity index (χ0n) is 33.8. The smallest absolute Gasteiger partial charge is 0.179 e. The summed E-state index contributed by atoms with van der Waals surface area (Å²) in [6.45, 7) is 16.0. The minimum atomic E-state index is -0.204. The number of nitrogens with zero attached hydrogens (tertiary/aromatic N) is 3. The molecule has 0 atom stereocenters. The van der Waals surface area contributed by atoms with Gasteiger partial charge in [0.1, 0.15) is 5.69 Å². The molecule has 3 heteroatoms. The average molecular weight is 748 g/mol. The minimum Gasteiger partial charge on any atom is -0.250 e. The molecule has 10 rings (SSSR count). The second-order valence-corrected chi connectivity index (χ2v) is 17.0. The molecule has 280 valence electrons. The topological polar surface area (TPSA) is 38.7 Å². The summed E-state index contributed by atoms with van der Waals surface area (Å²) in [5, 5.41) is 2.40.